The van der Waals surface area contributed by atoms with Gasteiger partial charge < -0.3 is 9.47 Å². The average Bonchev–Trinajstić information content (AvgIpc) is 2.44. The van der Waals surface area contributed by atoms with Gasteiger partial charge >= 0.3 is 0 Å². The molecule has 1 N–H and O–H groups in total. The van der Waals surface area contributed by atoms with E-state index in [1.165, 1.54) is 11.8 Å². The molecular weight excluding hydrogens is 262 g/mol. The van der Waals surface area contributed by atoms with E-state index in [4.69, 9.17) is 14.7 Å². The maximum Gasteiger partial charge on any atom is 0.183 e. The number of benzene rings is 1. The van der Waals surface area contributed by atoms with Crippen LogP contribution >= 0.6 is 11.8 Å². The lowest BCUT2D eigenvalue weighted by Gasteiger charge is -2.08. The van der Waals surface area contributed by atoms with Crippen molar-refractivity contribution in [2.24, 2.45) is 4.99 Å². The zero-order valence-corrected chi connectivity index (χ0v) is 11.7. The number of amidine groups is 1. The minimum Gasteiger partial charge on any atom is -0.493 e. The first-order valence-corrected chi connectivity index (χ1v) is 6.43. The van der Waals surface area contributed by atoms with E-state index >= 15 is 0 Å². The number of nitrogens with zero attached hydrogens (tertiary/aromatic N) is 2. The smallest absolute Gasteiger partial charge is 0.183 e. The zero-order chi connectivity index (χ0) is 14.1. The number of hydrogen-bond donors (Lipinski definition) is 1. The first-order valence-electron chi connectivity index (χ1n) is 5.44. The lowest BCUT2D eigenvalue weighted by atomic mass is 10.3. The molecule has 0 heterocycles. The van der Waals surface area contributed by atoms with E-state index in [1.807, 2.05) is 6.19 Å². The molecule has 0 aliphatic heterocycles. The second-order valence-corrected chi connectivity index (χ2v) is 4.30. The molecule has 0 spiro atoms. The summed E-state index contributed by atoms with van der Waals surface area (Å²) in [6.07, 6.45) is 3.60. The Bertz CT molecular complexity index is 509. The normalized spacial score (nSPS) is 10.5. The third kappa shape index (κ3) is 4.56. The van der Waals surface area contributed by atoms with Crippen LogP contribution in [0.3, 0.4) is 0 Å². The molecule has 5 nitrogen and oxygen atoms in total. The number of rotatable bonds is 5. The van der Waals surface area contributed by atoms with Crippen LogP contribution < -0.4 is 14.8 Å². The predicted molar refractivity (Wildman–Crippen MR) is 78.0 cm³/mol. The molecule has 0 bridgehead atoms. The molecule has 0 saturated heterocycles. The van der Waals surface area contributed by atoms with Crippen molar-refractivity contribution in [2.75, 3.05) is 20.0 Å². The molecule has 0 saturated carbocycles. The Morgan fingerprint density at radius 3 is 2.79 bits per heavy atom. The first kappa shape index (κ1) is 14.9. The first-order chi connectivity index (χ1) is 9.24. The number of aliphatic imine (C=N–C) groups is 1. The van der Waals surface area contributed by atoms with Gasteiger partial charge in [-0.15, -0.1) is 6.58 Å². The monoisotopic (exact) mass is 277 g/mol. The summed E-state index contributed by atoms with van der Waals surface area (Å²) in [4.78, 5) is 4.33. The Labute approximate surface area is 116 Å². The van der Waals surface area contributed by atoms with Crippen LogP contribution in [0.25, 0.3) is 0 Å². The minimum atomic E-state index is 0.509. The molecule has 19 heavy (non-hydrogen) atoms. The molecule has 0 amide bonds. The van der Waals surface area contributed by atoms with Gasteiger partial charge in [0.05, 0.1) is 19.9 Å². The number of nitriles is 1. The number of hydrogen-bond acceptors (Lipinski definition) is 5. The van der Waals surface area contributed by atoms with Gasteiger partial charge in [-0.1, -0.05) is 17.8 Å². The van der Waals surface area contributed by atoms with Gasteiger partial charge in [-0.2, -0.15) is 5.26 Å². The molecule has 0 aliphatic rings. The zero-order valence-electron chi connectivity index (χ0n) is 10.8. The molecule has 6 heteroatoms. The van der Waals surface area contributed by atoms with Crippen LogP contribution in [-0.2, 0) is 0 Å². The van der Waals surface area contributed by atoms with Gasteiger partial charge in [0.2, 0.25) is 0 Å². The number of nitrogens with one attached hydrogen (secondary N) is 1. The highest BCUT2D eigenvalue weighted by Crippen LogP contribution is 2.31. The maximum absolute atomic E-state index is 8.67. The summed E-state index contributed by atoms with van der Waals surface area (Å²) in [5.74, 6) is 1.89. The summed E-state index contributed by atoms with van der Waals surface area (Å²) in [6, 6.07) is 5.29. The third-order valence-electron chi connectivity index (χ3n) is 2.10. The standard InChI is InChI=1S/C13H15N3O2S/c1-4-7-19-13(15-9-14)16-10-5-6-11(17-2)12(8-10)18-3/h4-6,8H,1,7H2,2-3H3,(H,15,16). The summed E-state index contributed by atoms with van der Waals surface area (Å²) in [5.41, 5.74) is 0.673. The predicted octanol–water partition coefficient (Wildman–Crippen LogP) is 2.68. The molecule has 1 aromatic carbocycles. The second-order valence-electron chi connectivity index (χ2n) is 3.29. The van der Waals surface area contributed by atoms with Crippen molar-refractivity contribution in [1.29, 1.82) is 5.26 Å². The van der Waals surface area contributed by atoms with Crippen molar-refractivity contribution >= 4 is 22.6 Å². The topological polar surface area (TPSA) is 66.6 Å². The number of ether oxygens (including phenoxy) is 2. The summed E-state index contributed by atoms with van der Waals surface area (Å²) in [5, 5.41) is 11.7. The molecule has 0 aromatic heterocycles. The van der Waals surface area contributed by atoms with E-state index in [-0.39, 0.29) is 0 Å². The summed E-state index contributed by atoms with van der Waals surface area (Å²) in [6.45, 7) is 3.63. The highest BCUT2D eigenvalue weighted by molar-refractivity contribution is 8.13. The Morgan fingerprint density at radius 1 is 1.47 bits per heavy atom. The van der Waals surface area contributed by atoms with Crippen LogP contribution in [0, 0.1) is 11.5 Å². The van der Waals surface area contributed by atoms with Gasteiger partial charge in [-0.25, -0.2) is 4.99 Å². The van der Waals surface area contributed by atoms with E-state index in [0.717, 1.165) is 0 Å². The maximum atomic E-state index is 8.67. The molecule has 100 valence electrons. The van der Waals surface area contributed by atoms with Gasteiger partial charge in [-0.3, -0.25) is 5.32 Å². The van der Waals surface area contributed by atoms with Crippen molar-refractivity contribution in [3.63, 3.8) is 0 Å². The fourth-order valence-corrected chi connectivity index (χ4v) is 1.86. The molecule has 0 aliphatic carbocycles. The van der Waals surface area contributed by atoms with Gasteiger partial charge in [0.1, 0.15) is 0 Å². The third-order valence-corrected chi connectivity index (χ3v) is 2.97. The fourth-order valence-electron chi connectivity index (χ4n) is 1.29. The van der Waals surface area contributed by atoms with E-state index in [9.17, 15) is 0 Å². The van der Waals surface area contributed by atoms with Crippen LogP contribution in [0.1, 0.15) is 0 Å². The SMILES string of the molecule is C=CCSC(=Nc1ccc(OC)c(OC)c1)NC#N. The Hall–Kier alpha value is -2.13. The van der Waals surface area contributed by atoms with Gasteiger partial charge in [-0.05, 0) is 12.1 Å². The highest BCUT2D eigenvalue weighted by atomic mass is 32.2. The second kappa shape index (κ2) is 8.06. The van der Waals surface area contributed by atoms with Crippen LogP contribution in [0.2, 0.25) is 0 Å². The number of thioether (sulfide) groups is 1. The summed E-state index contributed by atoms with van der Waals surface area (Å²) in [7, 11) is 3.13. The fraction of sp³-hybridized carbons (Fsp3) is 0.231. The van der Waals surface area contributed by atoms with E-state index in [2.05, 4.69) is 16.9 Å². The van der Waals surface area contributed by atoms with Crippen molar-refractivity contribution < 1.29 is 9.47 Å². The van der Waals surface area contributed by atoms with Gasteiger partial charge in [0.15, 0.2) is 22.9 Å². The summed E-state index contributed by atoms with van der Waals surface area (Å²) < 4.78 is 10.3. The Balaban J connectivity index is 2.99. The molecule has 0 radical (unpaired) electrons. The van der Waals surface area contributed by atoms with Crippen LogP contribution in [0.15, 0.2) is 35.8 Å². The van der Waals surface area contributed by atoms with E-state index in [1.54, 1.807) is 38.5 Å². The van der Waals surface area contributed by atoms with Crippen LogP contribution in [-0.4, -0.2) is 25.1 Å². The molecule has 1 rings (SSSR count). The van der Waals surface area contributed by atoms with Gasteiger partial charge in [0.25, 0.3) is 0 Å². The van der Waals surface area contributed by atoms with Crippen molar-refractivity contribution in [2.45, 2.75) is 0 Å². The summed E-state index contributed by atoms with van der Waals surface area (Å²) >= 11 is 1.39. The van der Waals surface area contributed by atoms with Crippen molar-refractivity contribution in [1.82, 2.24) is 5.32 Å². The Morgan fingerprint density at radius 2 is 2.21 bits per heavy atom. The minimum absolute atomic E-state index is 0.509. The van der Waals surface area contributed by atoms with Crippen LogP contribution in [0.4, 0.5) is 5.69 Å². The Kier molecular flexibility index (Phi) is 6.33. The van der Waals surface area contributed by atoms with Crippen molar-refractivity contribution in [3.8, 4) is 17.7 Å². The lowest BCUT2D eigenvalue weighted by molar-refractivity contribution is 0.355. The molecule has 0 fully saturated rings. The van der Waals surface area contributed by atoms with Crippen LogP contribution in [0.5, 0.6) is 11.5 Å². The van der Waals surface area contributed by atoms with Crippen molar-refractivity contribution in [3.05, 3.63) is 30.9 Å². The largest absolute Gasteiger partial charge is 0.493 e. The van der Waals surface area contributed by atoms with E-state index in [0.29, 0.717) is 28.1 Å². The van der Waals surface area contributed by atoms with E-state index < -0.39 is 0 Å². The van der Waals surface area contributed by atoms with Gasteiger partial charge in [0, 0.05) is 11.8 Å². The molecule has 1 aromatic rings. The quantitative estimate of drug-likeness (QED) is 0.295. The number of methoxy groups -OCH3 is 2. The highest BCUT2D eigenvalue weighted by Gasteiger charge is 2.05. The lowest BCUT2D eigenvalue weighted by Crippen LogP contribution is -2.13. The average molecular weight is 277 g/mol. The molecule has 0 unspecified atom stereocenters. The molecular formula is C13H15N3O2S. The molecule has 0 atom stereocenters.